The molecule has 2 aromatic heterocycles. The molecule has 2 atom stereocenters. The summed E-state index contributed by atoms with van der Waals surface area (Å²) in [5, 5.41) is 16.0. The Labute approximate surface area is 211 Å². The van der Waals surface area contributed by atoms with Crippen molar-refractivity contribution in [2.75, 3.05) is 10.6 Å². The molecule has 1 unspecified atom stereocenters. The van der Waals surface area contributed by atoms with Crippen LogP contribution in [0.25, 0.3) is 11.2 Å². The monoisotopic (exact) mass is 519 g/mol. The Morgan fingerprint density at radius 1 is 1.11 bits per heavy atom. The van der Waals surface area contributed by atoms with E-state index < -0.39 is 11.6 Å². The van der Waals surface area contributed by atoms with Crippen molar-refractivity contribution in [3.63, 3.8) is 0 Å². The van der Waals surface area contributed by atoms with Crippen LogP contribution in [0.1, 0.15) is 57.4 Å². The predicted molar refractivity (Wildman–Crippen MR) is 132 cm³/mol. The fourth-order valence-electron chi connectivity index (χ4n) is 5.26. The number of hydrogen-bond donors (Lipinski definition) is 4. The molecule has 1 amide bonds. The van der Waals surface area contributed by atoms with Gasteiger partial charge in [-0.05, 0) is 63.5 Å². The van der Waals surface area contributed by atoms with Gasteiger partial charge in [0.15, 0.2) is 17.3 Å². The van der Waals surface area contributed by atoms with E-state index in [0.29, 0.717) is 49.2 Å². The average molecular weight is 520 g/mol. The first-order chi connectivity index (χ1) is 17.3. The number of rotatable bonds is 6. The Morgan fingerprint density at radius 3 is 2.50 bits per heavy atom. The predicted octanol–water partition coefficient (Wildman–Crippen LogP) is 4.43. The number of fused-ring (bicyclic) bond motifs is 1. The zero-order valence-electron chi connectivity index (χ0n) is 19.6. The summed E-state index contributed by atoms with van der Waals surface area (Å²) >= 11 is 5.78. The molecule has 0 radical (unpaired) electrons. The van der Waals surface area contributed by atoms with Gasteiger partial charge in [0, 0.05) is 23.0 Å². The van der Waals surface area contributed by atoms with E-state index in [9.17, 15) is 18.7 Å². The van der Waals surface area contributed by atoms with Gasteiger partial charge in [-0.15, -0.1) is 0 Å². The second-order valence-electron chi connectivity index (χ2n) is 9.65. The molecule has 2 aliphatic rings. The summed E-state index contributed by atoms with van der Waals surface area (Å²) in [4.78, 5) is 25.3. The highest BCUT2D eigenvalue weighted by atomic mass is 35.5. The standard InChI is InChI=1S/C24H28ClF2N7O2/c25-13-8-17(26)20(18(27)9-13)32-24-31-19-11-29-23(30-14-2-1-3-16(35)10-14)33-22(19)34(24)15-6-4-12(5-7-15)21(28)36/h8-9,11-12,14-16,35H,1-7,10H2,(H2,28,36)(H,31,32)(H,29,30,33)/t12-,14-,15+,16?/m1/s1. The molecule has 9 nitrogen and oxygen atoms in total. The molecule has 0 saturated heterocycles. The molecule has 0 bridgehead atoms. The van der Waals surface area contributed by atoms with Gasteiger partial charge in [0.05, 0.1) is 12.3 Å². The van der Waals surface area contributed by atoms with Crippen molar-refractivity contribution in [3.8, 4) is 0 Å². The molecule has 5 rings (SSSR count). The van der Waals surface area contributed by atoms with Crippen molar-refractivity contribution < 1.29 is 18.7 Å². The van der Waals surface area contributed by atoms with Crippen LogP contribution in [-0.4, -0.2) is 42.7 Å². The van der Waals surface area contributed by atoms with Crippen LogP contribution in [0.4, 0.5) is 26.4 Å². The van der Waals surface area contributed by atoms with Crippen LogP contribution in [0.15, 0.2) is 18.3 Å². The number of anilines is 3. The molecular weight excluding hydrogens is 492 g/mol. The maximum Gasteiger partial charge on any atom is 0.224 e. The highest BCUT2D eigenvalue weighted by molar-refractivity contribution is 6.30. The van der Waals surface area contributed by atoms with Crippen molar-refractivity contribution in [1.82, 2.24) is 19.5 Å². The largest absolute Gasteiger partial charge is 0.393 e. The topological polar surface area (TPSA) is 131 Å². The summed E-state index contributed by atoms with van der Waals surface area (Å²) in [7, 11) is 0. The van der Waals surface area contributed by atoms with E-state index in [1.54, 1.807) is 6.20 Å². The zero-order chi connectivity index (χ0) is 25.4. The van der Waals surface area contributed by atoms with Crippen molar-refractivity contribution in [2.45, 2.75) is 69.6 Å². The molecule has 36 heavy (non-hydrogen) atoms. The number of hydrogen-bond acceptors (Lipinski definition) is 7. The first kappa shape index (κ1) is 24.6. The van der Waals surface area contributed by atoms with Gasteiger partial charge in [0.2, 0.25) is 17.8 Å². The number of primary amides is 1. The van der Waals surface area contributed by atoms with Gasteiger partial charge in [-0.1, -0.05) is 11.6 Å². The molecule has 2 heterocycles. The highest BCUT2D eigenvalue weighted by Gasteiger charge is 2.30. The lowest BCUT2D eigenvalue weighted by molar-refractivity contribution is -0.122. The number of carbonyl (C=O) groups excluding carboxylic acids is 1. The Kier molecular flexibility index (Phi) is 6.94. The lowest BCUT2D eigenvalue weighted by Crippen LogP contribution is -2.30. The molecule has 1 aromatic carbocycles. The molecule has 192 valence electrons. The van der Waals surface area contributed by atoms with E-state index in [4.69, 9.17) is 22.3 Å². The van der Waals surface area contributed by atoms with E-state index >= 15 is 0 Å². The van der Waals surface area contributed by atoms with Gasteiger partial charge in [0.1, 0.15) is 11.2 Å². The SMILES string of the molecule is NC(=O)[C@H]1CC[C@@H](n2c(Nc3c(F)cc(Cl)cc3F)nc3cnc(N[C@@H]4CCCC(O)C4)nc32)CC1. The van der Waals surface area contributed by atoms with Crippen molar-refractivity contribution in [2.24, 2.45) is 11.7 Å². The third kappa shape index (κ3) is 5.08. The Morgan fingerprint density at radius 2 is 1.83 bits per heavy atom. The molecule has 0 aliphatic heterocycles. The molecule has 2 saturated carbocycles. The second-order valence-corrected chi connectivity index (χ2v) is 10.1. The molecule has 2 fully saturated rings. The van der Waals surface area contributed by atoms with Gasteiger partial charge < -0.3 is 21.5 Å². The van der Waals surface area contributed by atoms with Crippen LogP contribution >= 0.6 is 11.6 Å². The van der Waals surface area contributed by atoms with Gasteiger partial charge in [-0.2, -0.15) is 4.98 Å². The molecule has 0 spiro atoms. The fourth-order valence-corrected chi connectivity index (χ4v) is 5.46. The van der Waals surface area contributed by atoms with Gasteiger partial charge in [-0.3, -0.25) is 9.36 Å². The summed E-state index contributed by atoms with van der Waals surface area (Å²) in [5.74, 6) is -1.61. The second kappa shape index (κ2) is 10.1. The lowest BCUT2D eigenvalue weighted by Gasteiger charge is -2.29. The maximum absolute atomic E-state index is 14.6. The van der Waals surface area contributed by atoms with Gasteiger partial charge in [-0.25, -0.2) is 18.7 Å². The third-order valence-electron chi connectivity index (χ3n) is 7.12. The average Bonchev–Trinajstić information content (AvgIpc) is 3.18. The minimum atomic E-state index is -0.847. The number of nitrogens with zero attached hydrogens (tertiary/aromatic N) is 4. The van der Waals surface area contributed by atoms with Gasteiger partial charge >= 0.3 is 0 Å². The summed E-state index contributed by atoms with van der Waals surface area (Å²) in [6.07, 6.45) is 6.86. The van der Waals surface area contributed by atoms with Crippen molar-refractivity contribution >= 4 is 46.3 Å². The molecule has 12 heteroatoms. The Bertz CT molecular complexity index is 1260. The van der Waals surface area contributed by atoms with Crippen molar-refractivity contribution in [1.29, 1.82) is 0 Å². The first-order valence-corrected chi connectivity index (χ1v) is 12.6. The van der Waals surface area contributed by atoms with Crippen LogP contribution in [0, 0.1) is 17.6 Å². The Hall–Kier alpha value is -3.05. The van der Waals surface area contributed by atoms with Gasteiger partial charge in [0.25, 0.3) is 0 Å². The van der Waals surface area contributed by atoms with Crippen LogP contribution in [0.2, 0.25) is 5.02 Å². The van der Waals surface area contributed by atoms with E-state index in [-0.39, 0.29) is 46.7 Å². The third-order valence-corrected chi connectivity index (χ3v) is 7.34. The summed E-state index contributed by atoms with van der Waals surface area (Å²) in [5.41, 5.74) is 6.10. The number of carbonyl (C=O) groups is 1. The lowest BCUT2D eigenvalue weighted by atomic mass is 9.85. The fraction of sp³-hybridized carbons (Fsp3) is 0.500. The normalized spacial score (nSPS) is 24.6. The number of aliphatic hydroxyl groups is 1. The summed E-state index contributed by atoms with van der Waals surface area (Å²) in [6.45, 7) is 0. The molecular formula is C24H28ClF2N7O2. The number of benzene rings is 1. The number of halogens is 3. The van der Waals surface area contributed by atoms with Crippen LogP contribution in [0.3, 0.4) is 0 Å². The number of imidazole rings is 1. The minimum absolute atomic E-state index is 0.0448. The van der Waals surface area contributed by atoms with E-state index in [2.05, 4.69) is 20.6 Å². The summed E-state index contributed by atoms with van der Waals surface area (Å²) in [6, 6.07) is 1.98. The number of aliphatic hydroxyl groups excluding tert-OH is 1. The molecule has 2 aliphatic carbocycles. The van der Waals surface area contributed by atoms with Crippen molar-refractivity contribution in [3.05, 3.63) is 35.0 Å². The first-order valence-electron chi connectivity index (χ1n) is 12.2. The van der Waals surface area contributed by atoms with E-state index in [1.807, 2.05) is 4.57 Å². The minimum Gasteiger partial charge on any atom is -0.393 e. The maximum atomic E-state index is 14.6. The highest BCUT2D eigenvalue weighted by Crippen LogP contribution is 2.38. The smallest absolute Gasteiger partial charge is 0.224 e. The zero-order valence-corrected chi connectivity index (χ0v) is 20.3. The Balaban J connectivity index is 1.51. The quantitative estimate of drug-likeness (QED) is 0.379. The summed E-state index contributed by atoms with van der Waals surface area (Å²) < 4.78 is 31.0. The van der Waals surface area contributed by atoms with E-state index in [0.717, 1.165) is 31.4 Å². The number of nitrogens with one attached hydrogen (secondary N) is 2. The number of nitrogens with two attached hydrogens (primary N) is 1. The number of amides is 1. The van der Waals surface area contributed by atoms with Crippen LogP contribution in [0.5, 0.6) is 0 Å². The van der Waals surface area contributed by atoms with E-state index in [1.165, 1.54) is 0 Å². The molecule has 5 N–H and O–H groups in total. The molecule has 3 aromatic rings. The number of aromatic nitrogens is 4. The van der Waals surface area contributed by atoms with Crippen LogP contribution < -0.4 is 16.4 Å². The van der Waals surface area contributed by atoms with Crippen LogP contribution in [-0.2, 0) is 4.79 Å².